The normalized spacial score (nSPS) is 20.1. The van der Waals surface area contributed by atoms with Gasteiger partial charge in [0.05, 0.1) is 6.61 Å². The van der Waals surface area contributed by atoms with Gasteiger partial charge in [-0.1, -0.05) is 25.8 Å². The summed E-state index contributed by atoms with van der Waals surface area (Å²) in [6.45, 7) is 6.09. The molecule has 6 heteroatoms. The van der Waals surface area contributed by atoms with Gasteiger partial charge >= 0.3 is 12.1 Å². The number of hydrogen-bond donors (Lipinski definition) is 3. The second-order valence-electron chi connectivity index (χ2n) is 6.29. The van der Waals surface area contributed by atoms with Crippen molar-refractivity contribution in [3.8, 4) is 0 Å². The van der Waals surface area contributed by atoms with Crippen LogP contribution in [0.5, 0.6) is 0 Å². The van der Waals surface area contributed by atoms with Crippen molar-refractivity contribution in [2.24, 2.45) is 5.92 Å². The van der Waals surface area contributed by atoms with Gasteiger partial charge in [0.25, 0.3) is 0 Å². The predicted octanol–water partition coefficient (Wildman–Crippen LogP) is 4.26. The zero-order valence-corrected chi connectivity index (χ0v) is 14.6. The monoisotopic (exact) mass is 333 g/mol. The molecule has 0 aliphatic heterocycles. The van der Waals surface area contributed by atoms with E-state index in [1.54, 1.807) is 19.1 Å². The summed E-state index contributed by atoms with van der Waals surface area (Å²) < 4.78 is 4.88. The van der Waals surface area contributed by atoms with E-state index < -0.39 is 6.09 Å². The molecule has 2 unspecified atom stereocenters. The van der Waals surface area contributed by atoms with Crippen molar-refractivity contribution in [1.29, 1.82) is 0 Å². The van der Waals surface area contributed by atoms with Crippen molar-refractivity contribution in [2.45, 2.75) is 52.5 Å². The van der Waals surface area contributed by atoms with Crippen molar-refractivity contribution in [3.63, 3.8) is 0 Å². The van der Waals surface area contributed by atoms with E-state index in [-0.39, 0.29) is 12.1 Å². The Balaban J connectivity index is 1.98. The molecule has 1 aliphatic rings. The van der Waals surface area contributed by atoms with Gasteiger partial charge in [-0.05, 0) is 50.3 Å². The van der Waals surface area contributed by atoms with Gasteiger partial charge in [0.1, 0.15) is 0 Å². The molecule has 1 fully saturated rings. The molecule has 3 amide bonds. The van der Waals surface area contributed by atoms with Crippen molar-refractivity contribution >= 4 is 23.5 Å². The van der Waals surface area contributed by atoms with E-state index in [9.17, 15) is 9.59 Å². The summed E-state index contributed by atoms with van der Waals surface area (Å²) in [5.41, 5.74) is 2.08. The van der Waals surface area contributed by atoms with Crippen LogP contribution in [0.4, 0.5) is 21.0 Å². The number of nitrogens with one attached hydrogen (secondary N) is 3. The van der Waals surface area contributed by atoms with Gasteiger partial charge in [-0.15, -0.1) is 0 Å². The molecule has 0 spiro atoms. The quantitative estimate of drug-likeness (QED) is 0.770. The van der Waals surface area contributed by atoms with Gasteiger partial charge in [0.2, 0.25) is 0 Å². The van der Waals surface area contributed by atoms with Crippen molar-refractivity contribution in [2.75, 3.05) is 17.2 Å². The minimum absolute atomic E-state index is 0.204. The third-order valence-electron chi connectivity index (χ3n) is 4.52. The number of anilines is 2. The first-order chi connectivity index (χ1) is 11.5. The third kappa shape index (κ3) is 4.88. The molecule has 0 radical (unpaired) electrons. The highest BCUT2D eigenvalue weighted by molar-refractivity contribution is 5.93. The highest BCUT2D eigenvalue weighted by atomic mass is 16.5. The Bertz CT molecular complexity index is 589. The lowest BCUT2D eigenvalue weighted by atomic mass is 9.86. The number of amides is 3. The van der Waals surface area contributed by atoms with Gasteiger partial charge in [0.15, 0.2) is 0 Å². The predicted molar refractivity (Wildman–Crippen MR) is 95.4 cm³/mol. The summed E-state index contributed by atoms with van der Waals surface area (Å²) in [5, 5.41) is 8.62. The number of ether oxygens (including phenoxy) is 1. The maximum Gasteiger partial charge on any atom is 0.411 e. The van der Waals surface area contributed by atoms with Crippen molar-refractivity contribution in [1.82, 2.24) is 5.32 Å². The summed E-state index contributed by atoms with van der Waals surface area (Å²) in [6.07, 6.45) is 4.08. The lowest BCUT2D eigenvalue weighted by Crippen LogP contribution is -2.43. The number of rotatable bonds is 4. The number of hydrogen-bond acceptors (Lipinski definition) is 3. The number of benzene rings is 1. The number of carbonyl (C=O) groups is 2. The largest absolute Gasteiger partial charge is 0.450 e. The fourth-order valence-corrected chi connectivity index (χ4v) is 3.04. The molecule has 0 bridgehead atoms. The molecule has 1 saturated carbocycles. The average molecular weight is 333 g/mol. The minimum atomic E-state index is -0.502. The molecule has 2 atom stereocenters. The molecule has 2 rings (SSSR count). The van der Waals surface area contributed by atoms with E-state index in [0.717, 1.165) is 24.8 Å². The Morgan fingerprint density at radius 2 is 1.83 bits per heavy atom. The summed E-state index contributed by atoms with van der Waals surface area (Å²) in [4.78, 5) is 23.8. The molecule has 1 aromatic carbocycles. The van der Waals surface area contributed by atoms with Gasteiger partial charge in [-0.25, -0.2) is 9.59 Å². The van der Waals surface area contributed by atoms with E-state index >= 15 is 0 Å². The fourth-order valence-electron chi connectivity index (χ4n) is 3.04. The van der Waals surface area contributed by atoms with Crippen LogP contribution in [0.2, 0.25) is 0 Å². The summed E-state index contributed by atoms with van der Waals surface area (Å²) >= 11 is 0. The first kappa shape index (κ1) is 18.1. The van der Waals surface area contributed by atoms with Gasteiger partial charge < -0.3 is 15.4 Å². The van der Waals surface area contributed by atoms with Crippen LogP contribution < -0.4 is 16.0 Å². The van der Waals surface area contributed by atoms with Crippen LogP contribution in [-0.2, 0) is 4.74 Å². The molecule has 1 aliphatic carbocycles. The SMILES string of the molecule is CCOC(=O)Nc1cccc(NC(=O)NC2CCCCC2C)c1C. The average Bonchev–Trinajstić information content (AvgIpc) is 2.54. The van der Waals surface area contributed by atoms with Crippen LogP contribution >= 0.6 is 0 Å². The molecule has 0 aromatic heterocycles. The molecular formula is C18H27N3O3. The third-order valence-corrected chi connectivity index (χ3v) is 4.52. The molecule has 1 aromatic rings. The second-order valence-corrected chi connectivity index (χ2v) is 6.29. The Morgan fingerprint density at radius 1 is 1.17 bits per heavy atom. The molecule has 3 N–H and O–H groups in total. The van der Waals surface area contributed by atoms with E-state index in [1.165, 1.54) is 6.42 Å². The van der Waals surface area contributed by atoms with Crippen LogP contribution in [0.15, 0.2) is 18.2 Å². The van der Waals surface area contributed by atoms with Crippen molar-refractivity contribution < 1.29 is 14.3 Å². The minimum Gasteiger partial charge on any atom is -0.450 e. The maximum atomic E-state index is 12.3. The standard InChI is InChI=1S/C18H27N3O3/c1-4-24-18(23)21-16-11-7-10-15(13(16)3)20-17(22)19-14-9-6-5-8-12(14)2/h7,10-12,14H,4-6,8-9H2,1-3H3,(H,21,23)(H2,19,20,22). The van der Waals surface area contributed by atoms with E-state index in [1.807, 2.05) is 13.0 Å². The number of carbonyl (C=O) groups excluding carboxylic acids is 2. The van der Waals surface area contributed by atoms with Crippen LogP contribution in [-0.4, -0.2) is 24.8 Å². The Morgan fingerprint density at radius 3 is 2.50 bits per heavy atom. The molecule has 0 heterocycles. The zero-order chi connectivity index (χ0) is 17.5. The fraction of sp³-hybridized carbons (Fsp3) is 0.556. The Kier molecular flexibility index (Phi) is 6.46. The highest BCUT2D eigenvalue weighted by Gasteiger charge is 2.23. The molecular weight excluding hydrogens is 306 g/mol. The summed E-state index contributed by atoms with van der Waals surface area (Å²) in [7, 11) is 0. The molecule has 0 saturated heterocycles. The van der Waals surface area contributed by atoms with Gasteiger partial charge in [-0.2, -0.15) is 0 Å². The Hall–Kier alpha value is -2.24. The van der Waals surface area contributed by atoms with E-state index in [2.05, 4.69) is 22.9 Å². The van der Waals surface area contributed by atoms with Gasteiger partial charge in [-0.3, -0.25) is 5.32 Å². The Labute approximate surface area is 143 Å². The first-order valence-corrected chi connectivity index (χ1v) is 8.62. The molecule has 6 nitrogen and oxygen atoms in total. The number of urea groups is 1. The van der Waals surface area contributed by atoms with Crippen molar-refractivity contribution in [3.05, 3.63) is 23.8 Å². The zero-order valence-electron chi connectivity index (χ0n) is 14.6. The summed E-state index contributed by atoms with van der Waals surface area (Å²) in [5.74, 6) is 0.502. The molecule has 132 valence electrons. The maximum absolute atomic E-state index is 12.3. The van der Waals surface area contributed by atoms with Crippen LogP contribution in [0.3, 0.4) is 0 Å². The highest BCUT2D eigenvalue weighted by Crippen LogP contribution is 2.25. The summed E-state index contributed by atoms with van der Waals surface area (Å²) in [6, 6.07) is 5.40. The lowest BCUT2D eigenvalue weighted by Gasteiger charge is -2.29. The van der Waals surface area contributed by atoms with E-state index in [0.29, 0.717) is 23.9 Å². The molecule has 24 heavy (non-hydrogen) atoms. The van der Waals surface area contributed by atoms with Crippen LogP contribution in [0.25, 0.3) is 0 Å². The topological polar surface area (TPSA) is 79.5 Å². The van der Waals surface area contributed by atoms with E-state index in [4.69, 9.17) is 4.74 Å². The van der Waals surface area contributed by atoms with Gasteiger partial charge in [0, 0.05) is 17.4 Å². The lowest BCUT2D eigenvalue weighted by molar-refractivity contribution is 0.168. The second kappa shape index (κ2) is 8.57. The van der Waals surface area contributed by atoms with Crippen LogP contribution in [0.1, 0.15) is 45.1 Å². The smallest absolute Gasteiger partial charge is 0.411 e. The first-order valence-electron chi connectivity index (χ1n) is 8.62. The van der Waals surface area contributed by atoms with Crippen LogP contribution in [0, 0.1) is 12.8 Å².